The third-order valence-corrected chi connectivity index (χ3v) is 1.28. The molecule has 2 heterocycles. The van der Waals surface area contributed by atoms with E-state index in [0.29, 0.717) is 11.5 Å². The average Bonchev–Trinajstić information content (AvgIpc) is 2.31. The number of H-pyrrole nitrogens is 1. The molecule has 6 nitrogen and oxygen atoms in total. The summed E-state index contributed by atoms with van der Waals surface area (Å²) in [6, 6.07) is 0. The quantitative estimate of drug-likeness (QED) is 0.508. The van der Waals surface area contributed by atoms with Crippen LogP contribution in [0.4, 0.5) is 5.82 Å². The van der Waals surface area contributed by atoms with Gasteiger partial charge >= 0.3 is 0 Å². The van der Waals surface area contributed by atoms with Crippen LogP contribution < -0.4 is 5.32 Å². The summed E-state index contributed by atoms with van der Waals surface area (Å²) >= 11 is 0. The van der Waals surface area contributed by atoms with Crippen molar-refractivity contribution < 1.29 is 4.79 Å². The van der Waals surface area contributed by atoms with Gasteiger partial charge in [0, 0.05) is 0 Å². The maximum atomic E-state index is 10.8. The topological polar surface area (TPSA) is 83.0 Å². The molecule has 1 aromatic heterocycles. The van der Waals surface area contributed by atoms with E-state index < -0.39 is 0 Å². The van der Waals surface area contributed by atoms with E-state index in [1.807, 2.05) is 0 Å². The maximum Gasteiger partial charge on any atom is 0.247 e. The Balaban J connectivity index is 2.44. The standard InChI is InChI=1S/C5H5N5O/c11-4-2-6-1-3-5(7-4)9-10-8-3/h1H,2H2,(H2,7,8,9,10,11). The van der Waals surface area contributed by atoms with E-state index in [2.05, 4.69) is 25.7 Å². The number of aliphatic imine (C=N–C) groups is 1. The lowest BCUT2D eigenvalue weighted by molar-refractivity contribution is -0.114. The number of hydrogen-bond donors (Lipinski definition) is 2. The molecule has 1 aliphatic heterocycles. The number of rotatable bonds is 0. The van der Waals surface area contributed by atoms with Crippen LogP contribution >= 0.6 is 0 Å². The second-order valence-electron chi connectivity index (χ2n) is 2.08. The molecule has 56 valence electrons. The zero-order valence-electron chi connectivity index (χ0n) is 5.53. The molecule has 1 aromatic rings. The van der Waals surface area contributed by atoms with Crippen molar-refractivity contribution in [1.82, 2.24) is 15.4 Å². The van der Waals surface area contributed by atoms with Gasteiger partial charge in [-0.3, -0.25) is 9.79 Å². The highest BCUT2D eigenvalue weighted by molar-refractivity contribution is 5.99. The molecule has 2 N–H and O–H groups in total. The fourth-order valence-corrected chi connectivity index (χ4v) is 0.808. The SMILES string of the molecule is O=C1CN=Cc2n[nH]nc2N1. The summed E-state index contributed by atoms with van der Waals surface area (Å²) in [7, 11) is 0. The lowest BCUT2D eigenvalue weighted by Crippen LogP contribution is -2.13. The lowest BCUT2D eigenvalue weighted by atomic mass is 10.5. The van der Waals surface area contributed by atoms with Gasteiger partial charge in [0.2, 0.25) is 5.91 Å². The number of aromatic nitrogens is 3. The van der Waals surface area contributed by atoms with Crippen LogP contribution in [-0.4, -0.2) is 34.1 Å². The molecule has 0 atom stereocenters. The smallest absolute Gasteiger partial charge is 0.247 e. The van der Waals surface area contributed by atoms with E-state index in [4.69, 9.17) is 0 Å². The number of fused-ring (bicyclic) bond motifs is 1. The van der Waals surface area contributed by atoms with Gasteiger partial charge in [-0.1, -0.05) is 0 Å². The fourth-order valence-electron chi connectivity index (χ4n) is 0.808. The molecule has 0 aliphatic carbocycles. The molecule has 0 fully saturated rings. The minimum atomic E-state index is -0.172. The number of carbonyl (C=O) groups excluding carboxylic acids is 1. The highest BCUT2D eigenvalue weighted by Crippen LogP contribution is 2.06. The van der Waals surface area contributed by atoms with E-state index in [-0.39, 0.29) is 12.5 Å². The van der Waals surface area contributed by atoms with Gasteiger partial charge in [-0.2, -0.15) is 10.3 Å². The van der Waals surface area contributed by atoms with Gasteiger partial charge in [-0.15, -0.1) is 5.10 Å². The van der Waals surface area contributed by atoms with Crippen molar-refractivity contribution in [1.29, 1.82) is 0 Å². The summed E-state index contributed by atoms with van der Waals surface area (Å²) < 4.78 is 0. The molecule has 11 heavy (non-hydrogen) atoms. The number of carbonyl (C=O) groups is 1. The fraction of sp³-hybridized carbons (Fsp3) is 0.200. The number of nitrogens with zero attached hydrogens (tertiary/aromatic N) is 3. The number of nitrogens with one attached hydrogen (secondary N) is 2. The van der Waals surface area contributed by atoms with Crippen molar-refractivity contribution in [3.05, 3.63) is 5.69 Å². The molecule has 0 unspecified atom stereocenters. The van der Waals surface area contributed by atoms with Crippen LogP contribution in [0.25, 0.3) is 0 Å². The van der Waals surface area contributed by atoms with Gasteiger partial charge in [0.05, 0.1) is 6.21 Å². The van der Waals surface area contributed by atoms with Gasteiger partial charge in [0.1, 0.15) is 12.2 Å². The average molecular weight is 151 g/mol. The first kappa shape index (κ1) is 6.02. The number of amides is 1. The Morgan fingerprint density at radius 3 is 3.27 bits per heavy atom. The van der Waals surface area contributed by atoms with Crippen molar-refractivity contribution in [3.63, 3.8) is 0 Å². The molecule has 1 aliphatic rings. The molecule has 0 saturated carbocycles. The van der Waals surface area contributed by atoms with Crippen molar-refractivity contribution in [3.8, 4) is 0 Å². The zero-order chi connectivity index (χ0) is 7.68. The van der Waals surface area contributed by atoms with Crippen LogP contribution in [0.2, 0.25) is 0 Å². The molecular formula is C5H5N5O. The molecule has 6 heteroatoms. The summed E-state index contributed by atoms with van der Waals surface area (Å²) in [5.41, 5.74) is 0.566. The number of anilines is 1. The minimum absolute atomic E-state index is 0.137. The van der Waals surface area contributed by atoms with Crippen LogP contribution in [-0.2, 0) is 4.79 Å². The first-order valence-corrected chi connectivity index (χ1v) is 3.07. The summed E-state index contributed by atoms with van der Waals surface area (Å²) in [6.07, 6.45) is 1.51. The third kappa shape index (κ3) is 0.977. The van der Waals surface area contributed by atoms with E-state index in [1.165, 1.54) is 6.21 Å². The molecule has 1 amide bonds. The van der Waals surface area contributed by atoms with Crippen molar-refractivity contribution in [2.75, 3.05) is 11.9 Å². The number of aromatic amines is 1. The summed E-state index contributed by atoms with van der Waals surface area (Å²) in [5.74, 6) is 0.269. The van der Waals surface area contributed by atoms with Crippen LogP contribution in [0.1, 0.15) is 5.69 Å². The van der Waals surface area contributed by atoms with Crippen molar-refractivity contribution in [2.45, 2.75) is 0 Å². The Morgan fingerprint density at radius 1 is 1.45 bits per heavy atom. The van der Waals surface area contributed by atoms with E-state index in [0.717, 1.165) is 0 Å². The maximum absolute atomic E-state index is 10.8. The van der Waals surface area contributed by atoms with Crippen LogP contribution in [0.15, 0.2) is 4.99 Å². The Hall–Kier alpha value is -1.72. The minimum Gasteiger partial charge on any atom is -0.306 e. The van der Waals surface area contributed by atoms with E-state index in [9.17, 15) is 4.79 Å². The highest BCUT2D eigenvalue weighted by atomic mass is 16.2. The third-order valence-electron chi connectivity index (χ3n) is 1.28. The summed E-state index contributed by atoms with van der Waals surface area (Å²) in [5, 5.41) is 12.4. The van der Waals surface area contributed by atoms with Crippen LogP contribution in [0, 0.1) is 0 Å². The molecule has 0 saturated heterocycles. The number of hydrogen-bond acceptors (Lipinski definition) is 4. The molecule has 0 bridgehead atoms. The Labute approximate surface area is 61.7 Å². The predicted molar refractivity (Wildman–Crippen MR) is 37.5 cm³/mol. The second-order valence-corrected chi connectivity index (χ2v) is 2.08. The summed E-state index contributed by atoms with van der Waals surface area (Å²) in [6.45, 7) is 0.137. The first-order chi connectivity index (χ1) is 5.36. The molecular weight excluding hydrogens is 146 g/mol. The van der Waals surface area contributed by atoms with Crippen molar-refractivity contribution >= 4 is 17.9 Å². The van der Waals surface area contributed by atoms with Gasteiger partial charge in [-0.25, -0.2) is 0 Å². The van der Waals surface area contributed by atoms with Crippen LogP contribution in [0.5, 0.6) is 0 Å². The van der Waals surface area contributed by atoms with Gasteiger partial charge in [-0.05, 0) is 0 Å². The van der Waals surface area contributed by atoms with E-state index >= 15 is 0 Å². The highest BCUT2D eigenvalue weighted by Gasteiger charge is 2.11. The van der Waals surface area contributed by atoms with Crippen LogP contribution in [0.3, 0.4) is 0 Å². The Bertz CT molecular complexity index is 314. The Morgan fingerprint density at radius 2 is 2.36 bits per heavy atom. The molecule has 0 aromatic carbocycles. The molecule has 0 spiro atoms. The lowest BCUT2D eigenvalue weighted by Gasteiger charge is -1.93. The predicted octanol–water partition coefficient (Wildman–Crippen LogP) is -0.824. The normalized spacial score (nSPS) is 15.5. The van der Waals surface area contributed by atoms with E-state index in [1.54, 1.807) is 0 Å². The van der Waals surface area contributed by atoms with Gasteiger partial charge < -0.3 is 5.32 Å². The Kier molecular flexibility index (Phi) is 1.18. The second kappa shape index (κ2) is 2.15. The molecule has 2 rings (SSSR count). The van der Waals surface area contributed by atoms with Gasteiger partial charge in [0.15, 0.2) is 5.82 Å². The summed E-state index contributed by atoms with van der Waals surface area (Å²) in [4.78, 5) is 14.6. The zero-order valence-corrected chi connectivity index (χ0v) is 5.53. The largest absolute Gasteiger partial charge is 0.306 e. The van der Waals surface area contributed by atoms with Crippen molar-refractivity contribution in [2.24, 2.45) is 4.99 Å². The van der Waals surface area contributed by atoms with Gasteiger partial charge in [0.25, 0.3) is 0 Å². The molecule has 0 radical (unpaired) electrons. The first-order valence-electron chi connectivity index (χ1n) is 3.07. The monoisotopic (exact) mass is 151 g/mol.